The van der Waals surface area contributed by atoms with Crippen molar-refractivity contribution in [3.63, 3.8) is 0 Å². The van der Waals surface area contributed by atoms with Gasteiger partial charge in [-0.2, -0.15) is 0 Å². The van der Waals surface area contributed by atoms with Crippen molar-refractivity contribution in [3.05, 3.63) is 44.6 Å². The molecule has 0 spiro atoms. The van der Waals surface area contributed by atoms with Crippen molar-refractivity contribution in [2.24, 2.45) is 5.41 Å². The van der Waals surface area contributed by atoms with Crippen molar-refractivity contribution in [3.8, 4) is 0 Å². The fraction of sp³-hybridized carbons (Fsp3) is 0.429. The molecule has 94 valence electrons. The van der Waals surface area contributed by atoms with E-state index in [-0.39, 0.29) is 16.7 Å². The van der Waals surface area contributed by atoms with E-state index in [1.165, 1.54) is 0 Å². The van der Waals surface area contributed by atoms with E-state index in [4.69, 9.17) is 0 Å². The van der Waals surface area contributed by atoms with E-state index in [2.05, 4.69) is 11.9 Å². The highest BCUT2D eigenvalue weighted by atomic mass is 16.2. The van der Waals surface area contributed by atoms with Crippen molar-refractivity contribution >= 4 is 10.9 Å². The number of rotatable bonds is 2. The summed E-state index contributed by atoms with van der Waals surface area (Å²) in [6.07, 6.45) is 2.29. The van der Waals surface area contributed by atoms with Gasteiger partial charge in [0.2, 0.25) is 0 Å². The summed E-state index contributed by atoms with van der Waals surface area (Å²) < 4.78 is 1.70. The Morgan fingerprint density at radius 1 is 1.33 bits per heavy atom. The van der Waals surface area contributed by atoms with Gasteiger partial charge >= 0.3 is 5.69 Å². The first-order valence-electron chi connectivity index (χ1n) is 6.22. The van der Waals surface area contributed by atoms with E-state index in [0.29, 0.717) is 11.9 Å². The van der Waals surface area contributed by atoms with E-state index in [1.807, 2.05) is 25.1 Å². The number of nitrogens with one attached hydrogen (secondary N) is 1. The van der Waals surface area contributed by atoms with Gasteiger partial charge in [0.05, 0.1) is 10.9 Å². The van der Waals surface area contributed by atoms with Crippen LogP contribution < -0.4 is 11.2 Å². The summed E-state index contributed by atoms with van der Waals surface area (Å²) in [5.41, 5.74) is 1.39. The van der Waals surface area contributed by atoms with Gasteiger partial charge in [0.15, 0.2) is 0 Å². The highest BCUT2D eigenvalue weighted by molar-refractivity contribution is 5.78. The zero-order valence-electron chi connectivity index (χ0n) is 10.6. The van der Waals surface area contributed by atoms with Gasteiger partial charge in [-0.15, -0.1) is 0 Å². The van der Waals surface area contributed by atoms with Crippen molar-refractivity contribution in [1.82, 2.24) is 9.55 Å². The molecule has 1 fully saturated rings. The lowest BCUT2D eigenvalue weighted by atomic mass is 10.1. The maximum absolute atomic E-state index is 12.0. The number of benzene rings is 1. The third kappa shape index (κ3) is 1.78. The highest BCUT2D eigenvalue weighted by Crippen LogP contribution is 2.46. The van der Waals surface area contributed by atoms with Crippen molar-refractivity contribution in [2.75, 3.05) is 0 Å². The Labute approximate surface area is 104 Å². The molecule has 0 saturated heterocycles. The quantitative estimate of drug-likeness (QED) is 0.875. The molecule has 0 radical (unpaired) electrons. The first kappa shape index (κ1) is 11.3. The molecule has 4 nitrogen and oxygen atoms in total. The van der Waals surface area contributed by atoms with Gasteiger partial charge in [0, 0.05) is 6.54 Å². The SMILES string of the molecule is Cc1ccc2c(c1)c(=O)[nH]c(=O)n2CC1(C)CC1. The molecule has 0 unspecified atom stereocenters. The molecule has 0 bridgehead atoms. The van der Waals surface area contributed by atoms with Crippen LogP contribution >= 0.6 is 0 Å². The minimum absolute atomic E-state index is 0.222. The molecule has 3 rings (SSSR count). The third-order valence-corrected chi connectivity index (χ3v) is 3.80. The molecule has 1 heterocycles. The number of fused-ring (bicyclic) bond motifs is 1. The molecule has 1 aromatic heterocycles. The van der Waals surface area contributed by atoms with Crippen LogP contribution in [0.15, 0.2) is 27.8 Å². The van der Waals surface area contributed by atoms with Gasteiger partial charge in [0.25, 0.3) is 5.56 Å². The Kier molecular flexibility index (Phi) is 2.24. The van der Waals surface area contributed by atoms with Crippen LogP contribution in [0.4, 0.5) is 0 Å². The first-order valence-corrected chi connectivity index (χ1v) is 6.22. The van der Waals surface area contributed by atoms with E-state index < -0.39 is 0 Å². The molecule has 1 aliphatic carbocycles. The molecular formula is C14H16N2O2. The standard InChI is InChI=1S/C14H16N2O2/c1-9-3-4-11-10(7-9)12(17)15-13(18)16(11)8-14(2)5-6-14/h3-4,7H,5-6,8H2,1-2H3,(H,15,17,18). The van der Waals surface area contributed by atoms with Gasteiger partial charge in [-0.25, -0.2) is 4.79 Å². The summed E-state index contributed by atoms with van der Waals surface area (Å²) in [6.45, 7) is 4.79. The highest BCUT2D eigenvalue weighted by Gasteiger charge is 2.38. The second kappa shape index (κ2) is 3.57. The summed E-state index contributed by atoms with van der Waals surface area (Å²) in [6, 6.07) is 5.64. The molecule has 0 amide bonds. The Morgan fingerprint density at radius 3 is 2.72 bits per heavy atom. The Hall–Kier alpha value is -1.84. The van der Waals surface area contributed by atoms with Crippen LogP contribution in [-0.4, -0.2) is 9.55 Å². The Morgan fingerprint density at radius 2 is 2.06 bits per heavy atom. The van der Waals surface area contributed by atoms with Gasteiger partial charge in [-0.1, -0.05) is 18.6 Å². The number of hydrogen-bond acceptors (Lipinski definition) is 2. The average Bonchev–Trinajstić information content (AvgIpc) is 3.03. The lowest BCUT2D eigenvalue weighted by Gasteiger charge is -2.13. The maximum atomic E-state index is 12.0. The fourth-order valence-electron chi connectivity index (χ4n) is 2.32. The Balaban J connectivity index is 2.29. The number of aryl methyl sites for hydroxylation is 1. The molecule has 0 atom stereocenters. The monoisotopic (exact) mass is 244 g/mol. The fourth-order valence-corrected chi connectivity index (χ4v) is 2.32. The van der Waals surface area contributed by atoms with E-state index in [0.717, 1.165) is 23.9 Å². The van der Waals surface area contributed by atoms with Crippen LogP contribution in [0.1, 0.15) is 25.3 Å². The van der Waals surface area contributed by atoms with Gasteiger partial charge < -0.3 is 0 Å². The number of hydrogen-bond donors (Lipinski definition) is 1. The number of aromatic amines is 1. The topological polar surface area (TPSA) is 54.9 Å². The van der Waals surface area contributed by atoms with E-state index >= 15 is 0 Å². The summed E-state index contributed by atoms with van der Waals surface area (Å²) in [7, 11) is 0. The van der Waals surface area contributed by atoms with Gasteiger partial charge in [0.1, 0.15) is 0 Å². The Bertz CT molecular complexity index is 736. The van der Waals surface area contributed by atoms with Crippen molar-refractivity contribution in [1.29, 1.82) is 0 Å². The zero-order valence-corrected chi connectivity index (χ0v) is 10.6. The van der Waals surface area contributed by atoms with Crippen LogP contribution in [0.5, 0.6) is 0 Å². The molecule has 1 saturated carbocycles. The van der Waals surface area contributed by atoms with Crippen LogP contribution in [0.2, 0.25) is 0 Å². The number of aromatic nitrogens is 2. The van der Waals surface area contributed by atoms with Crippen LogP contribution in [0, 0.1) is 12.3 Å². The maximum Gasteiger partial charge on any atom is 0.328 e. The predicted octanol–water partition coefficient (Wildman–Crippen LogP) is 1.80. The molecular weight excluding hydrogens is 228 g/mol. The normalized spacial score (nSPS) is 17.0. The largest absolute Gasteiger partial charge is 0.328 e. The molecule has 2 aromatic rings. The lowest BCUT2D eigenvalue weighted by Crippen LogP contribution is -2.32. The third-order valence-electron chi connectivity index (χ3n) is 3.80. The van der Waals surface area contributed by atoms with E-state index in [9.17, 15) is 9.59 Å². The van der Waals surface area contributed by atoms with Crippen LogP contribution in [0.3, 0.4) is 0 Å². The molecule has 18 heavy (non-hydrogen) atoms. The number of nitrogens with zero attached hydrogens (tertiary/aromatic N) is 1. The summed E-state index contributed by atoms with van der Waals surface area (Å²) in [5.74, 6) is 0. The summed E-state index contributed by atoms with van der Waals surface area (Å²) in [4.78, 5) is 26.2. The molecule has 1 aliphatic rings. The van der Waals surface area contributed by atoms with Crippen molar-refractivity contribution in [2.45, 2.75) is 33.2 Å². The lowest BCUT2D eigenvalue weighted by molar-refractivity contribution is 0.459. The minimum Gasteiger partial charge on any atom is -0.293 e. The minimum atomic E-state index is -0.301. The summed E-state index contributed by atoms with van der Waals surface area (Å²) in [5, 5.41) is 0.596. The van der Waals surface area contributed by atoms with Crippen LogP contribution in [-0.2, 0) is 6.54 Å². The average molecular weight is 244 g/mol. The smallest absolute Gasteiger partial charge is 0.293 e. The molecule has 4 heteroatoms. The molecule has 1 N–H and O–H groups in total. The first-order chi connectivity index (χ1) is 8.48. The summed E-state index contributed by atoms with van der Waals surface area (Å²) >= 11 is 0. The van der Waals surface area contributed by atoms with Crippen LogP contribution in [0.25, 0.3) is 10.9 Å². The van der Waals surface area contributed by atoms with E-state index in [1.54, 1.807) is 4.57 Å². The second-order valence-electron chi connectivity index (χ2n) is 5.68. The molecule has 0 aliphatic heterocycles. The zero-order chi connectivity index (χ0) is 12.9. The number of H-pyrrole nitrogens is 1. The predicted molar refractivity (Wildman–Crippen MR) is 70.9 cm³/mol. The van der Waals surface area contributed by atoms with Gasteiger partial charge in [-0.3, -0.25) is 14.3 Å². The second-order valence-corrected chi connectivity index (χ2v) is 5.68. The molecule has 1 aromatic carbocycles. The van der Waals surface area contributed by atoms with Gasteiger partial charge in [-0.05, 0) is 37.3 Å². The van der Waals surface area contributed by atoms with Crippen molar-refractivity contribution < 1.29 is 0 Å².